The van der Waals surface area contributed by atoms with Crippen LogP contribution in [0.1, 0.15) is 22.6 Å². The predicted octanol–water partition coefficient (Wildman–Crippen LogP) is 3.67. The molecule has 0 aliphatic heterocycles. The number of hydrogen-bond donors (Lipinski definition) is 3. The second-order valence-corrected chi connectivity index (χ2v) is 9.06. The minimum atomic E-state index is -0.593. The van der Waals surface area contributed by atoms with Gasteiger partial charge in [-0.25, -0.2) is 4.79 Å². The van der Waals surface area contributed by atoms with Crippen molar-refractivity contribution in [2.75, 3.05) is 46.1 Å². The third-order valence-electron chi connectivity index (χ3n) is 6.41. The predicted molar refractivity (Wildman–Crippen MR) is 153 cm³/mol. The topological polar surface area (TPSA) is 112 Å². The third-order valence-corrected chi connectivity index (χ3v) is 6.41. The first-order chi connectivity index (χ1) is 18.6. The molecule has 208 valence electrons. The maximum atomic E-state index is 12.2. The Morgan fingerprint density at radius 1 is 0.744 bits per heavy atom. The normalized spacial score (nSPS) is 12.5. The van der Waals surface area contributed by atoms with Gasteiger partial charge < -0.3 is 30.6 Å². The molecule has 0 radical (unpaired) electrons. The summed E-state index contributed by atoms with van der Waals surface area (Å²) < 4.78 is 16.5. The lowest BCUT2D eigenvalue weighted by Crippen LogP contribution is -2.43. The molecule has 0 fully saturated rings. The lowest BCUT2D eigenvalue weighted by atomic mass is 9.98. The number of ether oxygens (including phenoxy) is 3. The number of hydrogen-bond acceptors (Lipinski definition) is 6. The fourth-order valence-electron chi connectivity index (χ4n) is 4.53. The molecule has 0 heterocycles. The van der Waals surface area contributed by atoms with Crippen molar-refractivity contribution >= 4 is 24.4 Å². The molecule has 1 aliphatic carbocycles. The lowest BCUT2D eigenvalue weighted by molar-refractivity contribution is -0.122. The number of carbonyl (C=O) groups is 2. The molecule has 0 spiro atoms. The summed E-state index contributed by atoms with van der Waals surface area (Å²) in [6, 6.07) is 25.5. The highest BCUT2D eigenvalue weighted by atomic mass is 35.5. The van der Waals surface area contributed by atoms with E-state index in [1.165, 1.54) is 22.3 Å². The fraction of sp³-hybridized carbons (Fsp3) is 0.333. The van der Waals surface area contributed by atoms with Gasteiger partial charge in [-0.1, -0.05) is 78.9 Å². The van der Waals surface area contributed by atoms with Gasteiger partial charge in [0, 0.05) is 19.0 Å². The van der Waals surface area contributed by atoms with E-state index in [-0.39, 0.29) is 30.8 Å². The van der Waals surface area contributed by atoms with E-state index in [1.807, 2.05) is 54.6 Å². The van der Waals surface area contributed by atoms with Crippen LogP contribution in [-0.4, -0.2) is 64.2 Å². The molecule has 2 amide bonds. The number of nitrogens with one attached hydrogen (secondary N) is 2. The molecule has 9 heteroatoms. The first-order valence-corrected chi connectivity index (χ1v) is 12.9. The Morgan fingerprint density at radius 2 is 1.28 bits per heavy atom. The molecular weight excluding hydrogens is 518 g/mol. The van der Waals surface area contributed by atoms with E-state index in [0.29, 0.717) is 45.9 Å². The standard InChI is InChI=1S/C30H35N3O5.ClH/c31-28(20-22-8-2-1-3-9-22)29(34)32-14-16-36-18-19-37-17-15-33-30(35)38-21-27-25-12-6-4-10-23(25)24-11-5-7-13-26(24)27;/h1-13,27-28H,14-21,31H2,(H,32,34)(H,33,35);1H/t28-;/m0./s1. The molecule has 1 aliphatic rings. The number of carbonyl (C=O) groups excluding carboxylic acids is 2. The third kappa shape index (κ3) is 8.80. The highest BCUT2D eigenvalue weighted by Crippen LogP contribution is 2.44. The fourth-order valence-corrected chi connectivity index (χ4v) is 4.53. The molecule has 4 N–H and O–H groups in total. The Morgan fingerprint density at radius 3 is 1.90 bits per heavy atom. The van der Waals surface area contributed by atoms with Crippen molar-refractivity contribution in [3.63, 3.8) is 0 Å². The Labute approximate surface area is 235 Å². The first-order valence-electron chi connectivity index (χ1n) is 12.9. The lowest BCUT2D eigenvalue weighted by Gasteiger charge is -2.14. The molecule has 0 saturated heterocycles. The Kier molecular flexibility index (Phi) is 12.2. The van der Waals surface area contributed by atoms with Crippen LogP contribution in [-0.2, 0) is 25.4 Å². The number of fused-ring (bicyclic) bond motifs is 3. The molecule has 39 heavy (non-hydrogen) atoms. The average Bonchev–Trinajstić information content (AvgIpc) is 3.27. The summed E-state index contributed by atoms with van der Waals surface area (Å²) in [5, 5.41) is 5.50. The van der Waals surface area contributed by atoms with E-state index in [2.05, 4.69) is 34.9 Å². The van der Waals surface area contributed by atoms with Crippen LogP contribution in [0, 0.1) is 0 Å². The van der Waals surface area contributed by atoms with Crippen LogP contribution in [0.15, 0.2) is 78.9 Å². The van der Waals surface area contributed by atoms with E-state index in [1.54, 1.807) is 0 Å². The van der Waals surface area contributed by atoms with Gasteiger partial charge in [0.2, 0.25) is 5.91 Å². The number of amides is 2. The van der Waals surface area contributed by atoms with Crippen LogP contribution in [0.25, 0.3) is 11.1 Å². The second kappa shape index (κ2) is 15.9. The number of benzene rings is 3. The van der Waals surface area contributed by atoms with Crippen molar-refractivity contribution in [1.82, 2.24) is 10.6 Å². The number of rotatable bonds is 14. The van der Waals surface area contributed by atoms with Crippen LogP contribution in [0.4, 0.5) is 4.79 Å². The van der Waals surface area contributed by atoms with Crippen molar-refractivity contribution in [2.45, 2.75) is 18.4 Å². The van der Waals surface area contributed by atoms with Gasteiger partial charge in [0.25, 0.3) is 0 Å². The highest BCUT2D eigenvalue weighted by Gasteiger charge is 2.28. The van der Waals surface area contributed by atoms with Gasteiger partial charge in [0.05, 0.1) is 32.5 Å². The van der Waals surface area contributed by atoms with Gasteiger partial charge in [-0.2, -0.15) is 0 Å². The molecule has 3 aromatic rings. The Balaban J connectivity index is 0.00000420. The van der Waals surface area contributed by atoms with Crippen molar-refractivity contribution in [3.8, 4) is 11.1 Å². The van der Waals surface area contributed by atoms with Gasteiger partial charge in [-0.05, 0) is 34.2 Å². The van der Waals surface area contributed by atoms with Gasteiger partial charge in [-0.3, -0.25) is 4.79 Å². The molecule has 3 aromatic carbocycles. The summed E-state index contributed by atoms with van der Waals surface area (Å²) in [5.74, 6) is -0.168. The zero-order valence-electron chi connectivity index (χ0n) is 21.8. The quantitative estimate of drug-likeness (QED) is 0.263. The van der Waals surface area contributed by atoms with Crippen LogP contribution in [0.3, 0.4) is 0 Å². The minimum Gasteiger partial charge on any atom is -0.449 e. The summed E-state index contributed by atoms with van der Waals surface area (Å²) in [5.41, 5.74) is 11.7. The van der Waals surface area contributed by atoms with E-state index < -0.39 is 12.1 Å². The van der Waals surface area contributed by atoms with Gasteiger partial charge in [0.15, 0.2) is 0 Å². The minimum absolute atomic E-state index is 0. The summed E-state index contributed by atoms with van der Waals surface area (Å²) in [6.45, 7) is 2.48. The van der Waals surface area contributed by atoms with E-state index in [9.17, 15) is 9.59 Å². The molecule has 0 saturated carbocycles. The van der Waals surface area contributed by atoms with Crippen molar-refractivity contribution in [3.05, 3.63) is 95.6 Å². The molecular formula is C30H36ClN3O5. The molecule has 8 nitrogen and oxygen atoms in total. The summed E-state index contributed by atoms with van der Waals surface area (Å²) in [4.78, 5) is 24.3. The molecule has 0 unspecified atom stereocenters. The van der Waals surface area contributed by atoms with Crippen LogP contribution in [0.2, 0.25) is 0 Å². The average molecular weight is 554 g/mol. The SMILES string of the molecule is Cl.N[C@@H](Cc1ccccc1)C(=O)NCCOCCOCCNC(=O)OCC1c2ccccc2-c2ccccc21. The monoisotopic (exact) mass is 553 g/mol. The maximum Gasteiger partial charge on any atom is 0.407 e. The molecule has 0 bridgehead atoms. The summed E-state index contributed by atoms with van der Waals surface area (Å²) >= 11 is 0. The van der Waals surface area contributed by atoms with E-state index in [4.69, 9.17) is 19.9 Å². The van der Waals surface area contributed by atoms with Gasteiger partial charge in [0.1, 0.15) is 6.61 Å². The van der Waals surface area contributed by atoms with Crippen molar-refractivity contribution in [2.24, 2.45) is 5.73 Å². The maximum absolute atomic E-state index is 12.2. The smallest absolute Gasteiger partial charge is 0.407 e. The highest BCUT2D eigenvalue weighted by molar-refractivity contribution is 5.85. The zero-order valence-corrected chi connectivity index (χ0v) is 22.7. The van der Waals surface area contributed by atoms with Crippen molar-refractivity contribution < 1.29 is 23.8 Å². The van der Waals surface area contributed by atoms with Crippen LogP contribution in [0.5, 0.6) is 0 Å². The zero-order chi connectivity index (χ0) is 26.6. The van der Waals surface area contributed by atoms with E-state index in [0.717, 1.165) is 5.56 Å². The largest absolute Gasteiger partial charge is 0.449 e. The van der Waals surface area contributed by atoms with Crippen LogP contribution < -0.4 is 16.4 Å². The molecule has 4 rings (SSSR count). The Bertz CT molecular complexity index is 1150. The summed E-state index contributed by atoms with van der Waals surface area (Å²) in [6.07, 6.45) is 0.0266. The van der Waals surface area contributed by atoms with Gasteiger partial charge in [-0.15, -0.1) is 12.4 Å². The Hall–Kier alpha value is -3.43. The molecule has 0 aromatic heterocycles. The first kappa shape index (κ1) is 30.1. The summed E-state index contributed by atoms with van der Waals surface area (Å²) in [7, 11) is 0. The number of halogens is 1. The molecule has 1 atom stereocenters. The number of nitrogens with two attached hydrogens (primary N) is 1. The number of alkyl carbamates (subject to hydrolysis) is 1. The van der Waals surface area contributed by atoms with Crippen molar-refractivity contribution in [1.29, 1.82) is 0 Å². The van der Waals surface area contributed by atoms with E-state index >= 15 is 0 Å². The van der Waals surface area contributed by atoms with Crippen LogP contribution >= 0.6 is 12.4 Å². The van der Waals surface area contributed by atoms with Gasteiger partial charge >= 0.3 is 6.09 Å². The second-order valence-electron chi connectivity index (χ2n) is 9.06.